The maximum absolute atomic E-state index is 12.7. The molecule has 0 saturated carbocycles. The number of Topliss-reactive ketones (excluding diaryl/α,β-unsaturated/α-hetero) is 1. The molecule has 1 rings (SSSR count). The van der Waals surface area contributed by atoms with Crippen molar-refractivity contribution in [3.8, 4) is 0 Å². The number of benzene rings is 1. The Morgan fingerprint density at radius 2 is 2.21 bits per heavy atom. The molecule has 0 aromatic heterocycles. The van der Waals surface area contributed by atoms with Crippen LogP contribution in [0.25, 0.3) is 0 Å². The average Bonchev–Trinajstić information content (AvgIpc) is 2.14. The molecule has 0 unspecified atom stereocenters. The van der Waals surface area contributed by atoms with Gasteiger partial charge in [0, 0.05) is 17.7 Å². The molecule has 0 spiro atoms. The van der Waals surface area contributed by atoms with Crippen LogP contribution in [0.4, 0.5) is 4.39 Å². The first-order chi connectivity index (χ1) is 6.65. The molecular weight excluding hydrogens is 199 g/mol. The molecule has 0 fully saturated rings. The summed E-state index contributed by atoms with van der Waals surface area (Å²) >= 11 is 1.64. The summed E-state index contributed by atoms with van der Waals surface area (Å²) in [6.45, 7) is 1.76. The normalized spacial score (nSPS) is 10.2. The van der Waals surface area contributed by atoms with E-state index in [4.69, 9.17) is 0 Å². The number of aryl methyl sites for hydroxylation is 1. The van der Waals surface area contributed by atoms with E-state index < -0.39 is 0 Å². The van der Waals surface area contributed by atoms with Crippen molar-refractivity contribution < 1.29 is 9.18 Å². The summed E-state index contributed by atoms with van der Waals surface area (Å²) in [6.07, 6.45) is 2.48. The predicted molar refractivity (Wildman–Crippen MR) is 58.5 cm³/mol. The lowest BCUT2D eigenvalue weighted by Crippen LogP contribution is -2.03. The number of halogens is 1. The molecule has 1 aromatic carbocycles. The highest BCUT2D eigenvalue weighted by molar-refractivity contribution is 7.98. The van der Waals surface area contributed by atoms with Crippen LogP contribution >= 0.6 is 11.8 Å². The number of hydrogen-bond acceptors (Lipinski definition) is 2. The number of thioether (sulfide) groups is 1. The molecule has 76 valence electrons. The lowest BCUT2D eigenvalue weighted by molar-refractivity contribution is 0.0989. The maximum atomic E-state index is 12.7. The van der Waals surface area contributed by atoms with Gasteiger partial charge in [-0.1, -0.05) is 0 Å². The summed E-state index contributed by atoms with van der Waals surface area (Å²) < 4.78 is 12.7. The SMILES string of the molecule is CSCCC(=O)c1ccc(F)cc1C. The fourth-order valence-electron chi connectivity index (χ4n) is 1.27. The van der Waals surface area contributed by atoms with Gasteiger partial charge in [0.1, 0.15) is 5.82 Å². The molecule has 0 heterocycles. The lowest BCUT2D eigenvalue weighted by Gasteiger charge is -2.03. The van der Waals surface area contributed by atoms with Gasteiger partial charge >= 0.3 is 0 Å². The predicted octanol–water partition coefficient (Wildman–Crippen LogP) is 3.07. The fraction of sp³-hybridized carbons (Fsp3) is 0.364. The molecule has 3 heteroatoms. The van der Waals surface area contributed by atoms with E-state index >= 15 is 0 Å². The molecule has 0 amide bonds. The Bertz CT molecular complexity index is 336. The van der Waals surface area contributed by atoms with Crippen molar-refractivity contribution in [3.05, 3.63) is 35.1 Å². The van der Waals surface area contributed by atoms with Crippen LogP contribution in [0.15, 0.2) is 18.2 Å². The van der Waals surface area contributed by atoms with E-state index in [0.717, 1.165) is 11.3 Å². The van der Waals surface area contributed by atoms with E-state index in [2.05, 4.69) is 0 Å². The highest BCUT2D eigenvalue weighted by atomic mass is 32.2. The molecule has 0 N–H and O–H groups in total. The van der Waals surface area contributed by atoms with Crippen LogP contribution in [0.1, 0.15) is 22.3 Å². The molecule has 1 aromatic rings. The number of rotatable bonds is 4. The van der Waals surface area contributed by atoms with Crippen molar-refractivity contribution in [1.29, 1.82) is 0 Å². The summed E-state index contributed by atoms with van der Waals surface area (Å²) in [5, 5.41) is 0. The summed E-state index contributed by atoms with van der Waals surface area (Å²) in [5.41, 5.74) is 1.36. The minimum Gasteiger partial charge on any atom is -0.294 e. The van der Waals surface area contributed by atoms with Crippen molar-refractivity contribution in [2.24, 2.45) is 0 Å². The molecule has 0 bridgehead atoms. The van der Waals surface area contributed by atoms with Gasteiger partial charge in [-0.3, -0.25) is 4.79 Å². The molecule has 0 atom stereocenters. The average molecular weight is 212 g/mol. The van der Waals surface area contributed by atoms with Gasteiger partial charge in [0.15, 0.2) is 5.78 Å². The number of hydrogen-bond donors (Lipinski definition) is 0. The van der Waals surface area contributed by atoms with E-state index in [1.165, 1.54) is 12.1 Å². The Labute approximate surface area is 87.7 Å². The highest BCUT2D eigenvalue weighted by Crippen LogP contribution is 2.13. The van der Waals surface area contributed by atoms with Crippen LogP contribution < -0.4 is 0 Å². The second-order valence-corrected chi connectivity index (χ2v) is 4.11. The standard InChI is InChI=1S/C11H13FOS/c1-8-7-9(12)3-4-10(8)11(13)5-6-14-2/h3-4,7H,5-6H2,1-2H3. The topological polar surface area (TPSA) is 17.1 Å². The summed E-state index contributed by atoms with van der Waals surface area (Å²) in [4.78, 5) is 11.6. The van der Waals surface area contributed by atoms with Crippen molar-refractivity contribution in [2.75, 3.05) is 12.0 Å². The van der Waals surface area contributed by atoms with E-state index in [1.54, 1.807) is 24.8 Å². The third kappa shape index (κ3) is 2.84. The van der Waals surface area contributed by atoms with E-state index in [0.29, 0.717) is 12.0 Å². The Hall–Kier alpha value is -0.830. The molecular formula is C11H13FOS. The largest absolute Gasteiger partial charge is 0.294 e. The van der Waals surface area contributed by atoms with Gasteiger partial charge in [0.25, 0.3) is 0 Å². The zero-order chi connectivity index (χ0) is 10.6. The van der Waals surface area contributed by atoms with Crippen molar-refractivity contribution >= 4 is 17.5 Å². The van der Waals surface area contributed by atoms with E-state index in [9.17, 15) is 9.18 Å². The maximum Gasteiger partial charge on any atom is 0.163 e. The first-order valence-corrected chi connectivity index (χ1v) is 5.83. The van der Waals surface area contributed by atoms with Gasteiger partial charge in [-0.15, -0.1) is 0 Å². The summed E-state index contributed by atoms with van der Waals surface area (Å²) in [7, 11) is 0. The first-order valence-electron chi connectivity index (χ1n) is 4.43. The number of carbonyl (C=O) groups is 1. The van der Waals surface area contributed by atoms with Crippen LogP contribution in [-0.4, -0.2) is 17.8 Å². The van der Waals surface area contributed by atoms with Crippen LogP contribution in [0.5, 0.6) is 0 Å². The van der Waals surface area contributed by atoms with Crippen molar-refractivity contribution in [3.63, 3.8) is 0 Å². The van der Waals surface area contributed by atoms with E-state index in [1.807, 2.05) is 6.26 Å². The van der Waals surface area contributed by atoms with Crippen LogP contribution in [0, 0.1) is 12.7 Å². The molecule has 1 nitrogen and oxygen atoms in total. The molecule has 0 aliphatic carbocycles. The van der Waals surface area contributed by atoms with Crippen LogP contribution in [0.2, 0.25) is 0 Å². The molecule has 0 aliphatic heterocycles. The van der Waals surface area contributed by atoms with Crippen molar-refractivity contribution in [1.82, 2.24) is 0 Å². The highest BCUT2D eigenvalue weighted by Gasteiger charge is 2.08. The molecule has 0 saturated heterocycles. The van der Waals surface area contributed by atoms with Crippen molar-refractivity contribution in [2.45, 2.75) is 13.3 Å². The van der Waals surface area contributed by atoms with Gasteiger partial charge in [0.2, 0.25) is 0 Å². The third-order valence-electron chi connectivity index (χ3n) is 2.02. The van der Waals surface area contributed by atoms with Gasteiger partial charge in [-0.2, -0.15) is 11.8 Å². The number of ketones is 1. The molecule has 14 heavy (non-hydrogen) atoms. The third-order valence-corrected chi connectivity index (χ3v) is 2.63. The Kier molecular flexibility index (Phi) is 4.14. The monoisotopic (exact) mass is 212 g/mol. The Morgan fingerprint density at radius 1 is 1.50 bits per heavy atom. The zero-order valence-corrected chi connectivity index (χ0v) is 9.16. The smallest absolute Gasteiger partial charge is 0.163 e. The number of carbonyl (C=O) groups excluding carboxylic acids is 1. The quantitative estimate of drug-likeness (QED) is 0.713. The Morgan fingerprint density at radius 3 is 2.79 bits per heavy atom. The second kappa shape index (κ2) is 5.15. The van der Waals surface area contributed by atoms with E-state index in [-0.39, 0.29) is 11.6 Å². The van der Waals surface area contributed by atoms with Gasteiger partial charge < -0.3 is 0 Å². The summed E-state index contributed by atoms with van der Waals surface area (Å²) in [5.74, 6) is 0.621. The lowest BCUT2D eigenvalue weighted by atomic mass is 10.0. The van der Waals surface area contributed by atoms with Gasteiger partial charge in [-0.05, 0) is 36.9 Å². The summed E-state index contributed by atoms with van der Waals surface area (Å²) in [6, 6.07) is 4.29. The second-order valence-electron chi connectivity index (χ2n) is 3.13. The first kappa shape index (κ1) is 11.2. The Balaban J connectivity index is 2.80. The van der Waals surface area contributed by atoms with Gasteiger partial charge in [-0.25, -0.2) is 4.39 Å². The molecule has 0 radical (unpaired) electrons. The van der Waals surface area contributed by atoms with Gasteiger partial charge in [0.05, 0.1) is 0 Å². The van der Waals surface area contributed by atoms with Crippen LogP contribution in [0.3, 0.4) is 0 Å². The fourth-order valence-corrected chi connectivity index (χ4v) is 1.66. The molecule has 0 aliphatic rings. The minimum atomic E-state index is -0.288. The zero-order valence-electron chi connectivity index (χ0n) is 8.34. The van der Waals surface area contributed by atoms with Crippen LogP contribution in [-0.2, 0) is 0 Å². The minimum absolute atomic E-state index is 0.0943.